The predicted molar refractivity (Wildman–Crippen MR) is 46.7 cm³/mol. The number of hydrogen-bond acceptors (Lipinski definition) is 4. The monoisotopic (exact) mass is 259 g/mol. The molecule has 0 unspecified atom stereocenters. The smallest absolute Gasteiger partial charge is 0.291 e. The summed E-state index contributed by atoms with van der Waals surface area (Å²) in [4.78, 5) is 11.3. The number of hydrogen-bond donors (Lipinski definition) is 2. The van der Waals surface area contributed by atoms with E-state index in [0.29, 0.717) is 6.20 Å². The summed E-state index contributed by atoms with van der Waals surface area (Å²) < 4.78 is 46.3. The van der Waals surface area contributed by atoms with Crippen LogP contribution >= 0.6 is 10.7 Å². The van der Waals surface area contributed by atoms with Crippen molar-refractivity contribution in [1.82, 2.24) is 4.98 Å². The van der Waals surface area contributed by atoms with Crippen LogP contribution in [0.25, 0.3) is 0 Å². The molecule has 1 aromatic heterocycles. The lowest BCUT2D eigenvalue weighted by Gasteiger charge is -2.06. The van der Waals surface area contributed by atoms with Gasteiger partial charge in [-0.05, 0) is 0 Å². The Labute approximate surface area is 86.7 Å². The lowest BCUT2D eigenvalue weighted by atomic mass is 10.3. The molecule has 0 radical (unpaired) electrons. The molecule has 1 aromatic rings. The molecule has 84 valence electrons. The maximum Gasteiger partial charge on any atom is 0.291 e. The Morgan fingerprint density at radius 2 is 2.00 bits per heavy atom. The molecule has 0 bridgehead atoms. The molecular weight excluding hydrogens is 256 g/mol. The van der Waals surface area contributed by atoms with E-state index in [9.17, 15) is 22.0 Å². The number of aromatic hydroxyl groups is 1. The molecule has 0 saturated carbocycles. The van der Waals surface area contributed by atoms with Crippen LogP contribution in [0.1, 0.15) is 12.0 Å². The molecule has 0 aliphatic heterocycles. The average Bonchev–Trinajstić information content (AvgIpc) is 2.06. The Morgan fingerprint density at radius 3 is 2.40 bits per heavy atom. The largest absolute Gasteiger partial charge is 0.502 e. The van der Waals surface area contributed by atoms with Crippen LogP contribution in [0.4, 0.5) is 8.78 Å². The Morgan fingerprint density at radius 1 is 1.47 bits per heavy atom. The van der Waals surface area contributed by atoms with Crippen LogP contribution in [-0.4, -0.2) is 18.5 Å². The van der Waals surface area contributed by atoms with Crippen molar-refractivity contribution in [2.45, 2.75) is 11.3 Å². The molecule has 1 heterocycles. The van der Waals surface area contributed by atoms with Crippen molar-refractivity contribution in [3.63, 3.8) is 0 Å². The number of rotatable bonds is 2. The van der Waals surface area contributed by atoms with E-state index in [1.54, 1.807) is 4.98 Å². The molecule has 9 heteroatoms. The molecule has 15 heavy (non-hydrogen) atoms. The third kappa shape index (κ3) is 2.26. The van der Waals surface area contributed by atoms with Gasteiger partial charge in [0.25, 0.3) is 21.0 Å². The van der Waals surface area contributed by atoms with Gasteiger partial charge < -0.3 is 10.1 Å². The topological polar surface area (TPSA) is 87.2 Å². The highest BCUT2D eigenvalue weighted by atomic mass is 35.7. The molecule has 1 rings (SSSR count). The minimum atomic E-state index is -4.61. The van der Waals surface area contributed by atoms with Gasteiger partial charge in [0.15, 0.2) is 0 Å². The maximum absolute atomic E-state index is 12.3. The number of alkyl halides is 2. The summed E-state index contributed by atoms with van der Waals surface area (Å²) in [6.07, 6.45) is -2.70. The maximum atomic E-state index is 12.3. The minimum absolute atomic E-state index is 0.488. The van der Waals surface area contributed by atoms with E-state index in [0.717, 1.165) is 0 Å². The lowest BCUT2D eigenvalue weighted by Crippen LogP contribution is -2.11. The molecule has 2 N–H and O–H groups in total. The number of pyridine rings is 1. The molecule has 0 aliphatic carbocycles. The molecule has 0 atom stereocenters. The molecule has 0 amide bonds. The van der Waals surface area contributed by atoms with E-state index in [4.69, 9.17) is 15.8 Å². The first-order valence-electron chi connectivity index (χ1n) is 3.42. The van der Waals surface area contributed by atoms with Crippen molar-refractivity contribution >= 4 is 19.7 Å². The first-order valence-corrected chi connectivity index (χ1v) is 5.73. The summed E-state index contributed by atoms with van der Waals surface area (Å²) in [5.41, 5.74) is -2.26. The van der Waals surface area contributed by atoms with Crippen LogP contribution < -0.4 is 5.56 Å². The van der Waals surface area contributed by atoms with Crippen molar-refractivity contribution in [2.24, 2.45) is 0 Å². The zero-order chi connectivity index (χ0) is 11.8. The SMILES string of the molecule is O=c1[nH]cc(C(F)F)c(S(=O)(=O)Cl)c1O. The number of aromatic nitrogens is 1. The molecule has 5 nitrogen and oxygen atoms in total. The second-order valence-electron chi connectivity index (χ2n) is 2.49. The highest BCUT2D eigenvalue weighted by Gasteiger charge is 2.27. The molecule has 0 fully saturated rings. The fourth-order valence-corrected chi connectivity index (χ4v) is 2.18. The van der Waals surface area contributed by atoms with Crippen LogP contribution in [0.2, 0.25) is 0 Å². The first-order chi connectivity index (χ1) is 6.75. The Kier molecular flexibility index (Phi) is 3.00. The van der Waals surface area contributed by atoms with Crippen molar-refractivity contribution in [1.29, 1.82) is 0 Å². The third-order valence-corrected chi connectivity index (χ3v) is 2.91. The summed E-state index contributed by atoms with van der Waals surface area (Å²) in [7, 11) is 0.202. The molecule has 0 aromatic carbocycles. The summed E-state index contributed by atoms with van der Waals surface area (Å²) in [6, 6.07) is 0. The highest BCUT2D eigenvalue weighted by Crippen LogP contribution is 2.32. The van der Waals surface area contributed by atoms with E-state index in [1.165, 1.54) is 0 Å². The molecule has 0 spiro atoms. The Hall–Kier alpha value is -1.15. The number of H-pyrrole nitrogens is 1. The zero-order valence-electron chi connectivity index (χ0n) is 6.87. The van der Waals surface area contributed by atoms with Crippen molar-refractivity contribution in [3.05, 3.63) is 22.1 Å². The van der Waals surface area contributed by atoms with Crippen LogP contribution in [-0.2, 0) is 9.05 Å². The third-order valence-electron chi connectivity index (χ3n) is 1.53. The second-order valence-corrected chi connectivity index (χ2v) is 4.99. The van der Waals surface area contributed by atoms with Gasteiger partial charge in [-0.15, -0.1) is 0 Å². The van der Waals surface area contributed by atoms with E-state index in [-0.39, 0.29) is 0 Å². The summed E-state index contributed by atoms with van der Waals surface area (Å²) in [5.74, 6) is -1.34. The van der Waals surface area contributed by atoms with Gasteiger partial charge in [-0.3, -0.25) is 4.79 Å². The average molecular weight is 260 g/mol. The number of aromatic amines is 1. The van der Waals surface area contributed by atoms with Crippen LogP contribution in [0.15, 0.2) is 15.9 Å². The number of nitrogens with one attached hydrogen (secondary N) is 1. The second kappa shape index (κ2) is 3.78. The minimum Gasteiger partial charge on any atom is -0.502 e. The van der Waals surface area contributed by atoms with Gasteiger partial charge in [0.05, 0.1) is 5.56 Å². The van der Waals surface area contributed by atoms with Crippen molar-refractivity contribution in [3.8, 4) is 5.75 Å². The Balaban J connectivity index is 3.73. The summed E-state index contributed by atoms with van der Waals surface area (Å²) in [5, 5.41) is 9.02. The normalized spacial score (nSPS) is 12.0. The predicted octanol–water partition coefficient (Wildman–Crippen LogP) is 0.946. The zero-order valence-corrected chi connectivity index (χ0v) is 8.44. The van der Waals surface area contributed by atoms with Gasteiger partial charge in [0.2, 0.25) is 5.75 Å². The van der Waals surface area contributed by atoms with E-state index in [2.05, 4.69) is 0 Å². The lowest BCUT2D eigenvalue weighted by molar-refractivity contribution is 0.146. The quantitative estimate of drug-likeness (QED) is 0.774. The Bertz CT molecular complexity index is 539. The van der Waals surface area contributed by atoms with Gasteiger partial charge in [0.1, 0.15) is 4.90 Å². The summed E-state index contributed by atoms with van der Waals surface area (Å²) in [6.45, 7) is 0. The fraction of sp³-hybridized carbons (Fsp3) is 0.167. The van der Waals surface area contributed by atoms with Crippen molar-refractivity contribution in [2.75, 3.05) is 0 Å². The molecule has 0 saturated heterocycles. The van der Waals surface area contributed by atoms with E-state index in [1.807, 2.05) is 0 Å². The first kappa shape index (κ1) is 11.9. The van der Waals surface area contributed by atoms with Gasteiger partial charge >= 0.3 is 0 Å². The standard InChI is InChI=1S/C6H4ClF2NO4S/c7-15(13,14)4-2(5(8)9)1-10-6(12)3(4)11/h1,5,11H,(H,10,12). The van der Waals surface area contributed by atoms with Crippen molar-refractivity contribution < 1.29 is 22.3 Å². The van der Waals surface area contributed by atoms with Gasteiger partial charge in [-0.2, -0.15) is 0 Å². The van der Waals surface area contributed by atoms with E-state index < -0.39 is 37.2 Å². The summed E-state index contributed by atoms with van der Waals surface area (Å²) >= 11 is 0. The number of halogens is 3. The molecular formula is C6H4ClF2NO4S. The molecule has 0 aliphatic rings. The fourth-order valence-electron chi connectivity index (χ4n) is 0.935. The van der Waals surface area contributed by atoms with Gasteiger partial charge in [-0.1, -0.05) is 0 Å². The highest BCUT2D eigenvalue weighted by molar-refractivity contribution is 8.13. The van der Waals surface area contributed by atoms with Crippen LogP contribution in [0, 0.1) is 0 Å². The van der Waals surface area contributed by atoms with Gasteiger partial charge in [-0.25, -0.2) is 17.2 Å². The van der Waals surface area contributed by atoms with Crippen LogP contribution in [0.5, 0.6) is 5.75 Å². The van der Waals surface area contributed by atoms with Crippen LogP contribution in [0.3, 0.4) is 0 Å². The van der Waals surface area contributed by atoms with E-state index >= 15 is 0 Å². The van der Waals surface area contributed by atoms with Gasteiger partial charge in [0, 0.05) is 16.9 Å².